The summed E-state index contributed by atoms with van der Waals surface area (Å²) < 4.78 is 7.77. The second-order valence-corrected chi connectivity index (χ2v) is 7.66. The molecule has 0 bridgehead atoms. The monoisotopic (exact) mass is 343 g/mol. The van der Waals surface area contributed by atoms with Crippen molar-refractivity contribution in [1.82, 2.24) is 4.57 Å². The Morgan fingerprint density at radius 3 is 2.54 bits per heavy atom. The molecule has 0 saturated carbocycles. The summed E-state index contributed by atoms with van der Waals surface area (Å²) in [5, 5.41) is 2.56. The van der Waals surface area contributed by atoms with Gasteiger partial charge in [0.1, 0.15) is 5.75 Å². The first kappa shape index (κ1) is 16.7. The highest BCUT2D eigenvalue weighted by Gasteiger charge is 2.22. The maximum Gasteiger partial charge on any atom is 0.119 e. The third-order valence-electron chi connectivity index (χ3n) is 5.16. The van der Waals surface area contributed by atoms with Gasteiger partial charge < -0.3 is 9.30 Å². The number of methoxy groups -OCH3 is 1. The molecule has 0 unspecified atom stereocenters. The van der Waals surface area contributed by atoms with Crippen molar-refractivity contribution >= 4 is 18.2 Å². The molecule has 2 aliphatic rings. The van der Waals surface area contributed by atoms with Gasteiger partial charge in [-0.2, -0.15) is 0 Å². The van der Waals surface area contributed by atoms with Gasteiger partial charge >= 0.3 is 0 Å². The van der Waals surface area contributed by atoms with Crippen LogP contribution < -0.4 is 15.3 Å². The maximum absolute atomic E-state index is 5.35. The van der Waals surface area contributed by atoms with E-state index in [0.29, 0.717) is 5.92 Å². The Morgan fingerprint density at radius 1 is 1.04 bits per heavy atom. The summed E-state index contributed by atoms with van der Waals surface area (Å²) in [5.74, 6) is 1.21. The first-order chi connectivity index (χ1) is 12.5. The third-order valence-corrected chi connectivity index (χ3v) is 5.16. The molecule has 0 saturated heterocycles. The first-order valence-corrected chi connectivity index (χ1v) is 9.16. The lowest BCUT2D eigenvalue weighted by atomic mass is 9.93. The molecule has 4 rings (SSSR count). The molecule has 0 radical (unpaired) electrons. The minimum Gasteiger partial charge on any atom is -0.497 e. The van der Waals surface area contributed by atoms with E-state index in [1.54, 1.807) is 7.11 Å². The van der Waals surface area contributed by atoms with E-state index in [1.807, 2.05) is 12.1 Å². The van der Waals surface area contributed by atoms with Crippen molar-refractivity contribution in [3.05, 3.63) is 76.5 Å². The molecule has 0 N–H and O–H groups in total. The van der Waals surface area contributed by atoms with Gasteiger partial charge in [0.05, 0.1) is 12.5 Å². The van der Waals surface area contributed by atoms with Crippen LogP contribution in [0.25, 0.3) is 23.9 Å². The second kappa shape index (κ2) is 6.21. The Bertz CT molecular complexity index is 1040. The van der Waals surface area contributed by atoms with Crippen molar-refractivity contribution in [1.29, 1.82) is 0 Å². The molecule has 1 heterocycles. The van der Waals surface area contributed by atoms with Crippen molar-refractivity contribution < 1.29 is 4.74 Å². The van der Waals surface area contributed by atoms with E-state index in [1.165, 1.54) is 27.5 Å². The molecule has 0 fully saturated rings. The molecule has 0 spiro atoms. The Kier molecular flexibility index (Phi) is 3.99. The summed E-state index contributed by atoms with van der Waals surface area (Å²) >= 11 is 0. The third kappa shape index (κ3) is 2.76. The predicted molar refractivity (Wildman–Crippen MR) is 110 cm³/mol. The van der Waals surface area contributed by atoms with Crippen molar-refractivity contribution in [3.8, 4) is 11.4 Å². The fourth-order valence-corrected chi connectivity index (χ4v) is 3.86. The highest BCUT2D eigenvalue weighted by atomic mass is 16.5. The molecule has 26 heavy (non-hydrogen) atoms. The van der Waals surface area contributed by atoms with E-state index in [4.69, 9.17) is 4.74 Å². The van der Waals surface area contributed by atoms with Gasteiger partial charge in [0, 0.05) is 33.5 Å². The number of hydrogen-bond donors (Lipinski definition) is 0. The average molecular weight is 343 g/mol. The molecular weight excluding hydrogens is 318 g/mol. The summed E-state index contributed by atoms with van der Waals surface area (Å²) in [7, 11) is 1.71. The van der Waals surface area contributed by atoms with Crippen molar-refractivity contribution in [2.75, 3.05) is 7.11 Å². The van der Waals surface area contributed by atoms with E-state index < -0.39 is 0 Å². The fourth-order valence-electron chi connectivity index (χ4n) is 3.86. The van der Waals surface area contributed by atoms with E-state index >= 15 is 0 Å². The average Bonchev–Trinajstić information content (AvgIpc) is 2.74. The van der Waals surface area contributed by atoms with Gasteiger partial charge in [-0.3, -0.25) is 0 Å². The van der Waals surface area contributed by atoms with Crippen molar-refractivity contribution in [2.45, 2.75) is 26.7 Å². The zero-order chi connectivity index (χ0) is 18.3. The first-order valence-electron chi connectivity index (χ1n) is 9.16. The van der Waals surface area contributed by atoms with Gasteiger partial charge in [-0.25, -0.2) is 0 Å². The van der Waals surface area contributed by atoms with Gasteiger partial charge in [0.25, 0.3) is 0 Å². The van der Waals surface area contributed by atoms with Crippen molar-refractivity contribution in [3.63, 3.8) is 0 Å². The predicted octanol–water partition coefficient (Wildman–Crippen LogP) is 4.33. The number of rotatable bonds is 2. The van der Waals surface area contributed by atoms with Crippen LogP contribution in [-0.2, 0) is 0 Å². The van der Waals surface area contributed by atoms with Crippen LogP contribution >= 0.6 is 0 Å². The fraction of sp³-hybridized carbons (Fsp3) is 0.250. The van der Waals surface area contributed by atoms with E-state index in [2.05, 4.69) is 86.1 Å². The molecule has 2 nitrogen and oxygen atoms in total. The summed E-state index contributed by atoms with van der Waals surface area (Å²) in [5.41, 5.74) is 3.82. The molecule has 0 amide bonds. The van der Waals surface area contributed by atoms with Crippen LogP contribution in [0.1, 0.15) is 37.9 Å². The Balaban J connectivity index is 2.11. The lowest BCUT2D eigenvalue weighted by molar-refractivity contribution is 0.414. The van der Waals surface area contributed by atoms with Gasteiger partial charge in [-0.05, 0) is 24.3 Å². The van der Waals surface area contributed by atoms with Crippen LogP contribution in [-0.4, -0.2) is 11.7 Å². The zero-order valence-electron chi connectivity index (χ0n) is 15.9. The van der Waals surface area contributed by atoms with Gasteiger partial charge in [0.15, 0.2) is 0 Å². The lowest BCUT2D eigenvalue weighted by Gasteiger charge is -2.17. The highest BCUT2D eigenvalue weighted by Crippen LogP contribution is 2.28. The minimum atomic E-state index is 0.00573. The van der Waals surface area contributed by atoms with Crippen LogP contribution in [0.5, 0.6) is 5.75 Å². The molecule has 2 aliphatic carbocycles. The normalized spacial score (nSPS) is 19.6. The SMILES string of the molecule is COc1ccc(-n2c3c(c4c2=CC(C)(C)C=CC=4)C=CC=C[C@H]3C)cc1. The van der Waals surface area contributed by atoms with Gasteiger partial charge in [-0.1, -0.05) is 69.4 Å². The molecule has 2 aromatic rings. The number of fused-ring (bicyclic) bond motifs is 3. The van der Waals surface area contributed by atoms with Crippen LogP contribution in [0.15, 0.2) is 54.6 Å². The van der Waals surface area contributed by atoms with Crippen molar-refractivity contribution in [2.24, 2.45) is 5.41 Å². The molecule has 2 heteroatoms. The van der Waals surface area contributed by atoms with Crippen LogP contribution in [0.3, 0.4) is 0 Å². The standard InChI is InChI=1S/C24H25NO/c1-17-8-5-6-9-21-20-10-7-15-24(2,3)16-22(20)25(23(17)21)18-11-13-19(26-4)14-12-18/h5-17H,1-4H3/t17-/m1/s1. The summed E-state index contributed by atoms with van der Waals surface area (Å²) in [6.45, 7) is 6.77. The summed E-state index contributed by atoms with van der Waals surface area (Å²) in [6.07, 6.45) is 17.9. The van der Waals surface area contributed by atoms with Crippen LogP contribution in [0, 0.1) is 5.41 Å². The molecule has 1 aromatic heterocycles. The number of nitrogens with zero attached hydrogens (tertiary/aromatic N) is 1. The van der Waals surface area contributed by atoms with E-state index in [0.717, 1.165) is 5.75 Å². The Labute approximate surface area is 155 Å². The summed E-state index contributed by atoms with van der Waals surface area (Å²) in [4.78, 5) is 0. The number of aromatic nitrogens is 1. The number of allylic oxidation sites excluding steroid dienone is 5. The molecule has 132 valence electrons. The van der Waals surface area contributed by atoms with E-state index in [-0.39, 0.29) is 5.41 Å². The second-order valence-electron chi connectivity index (χ2n) is 7.66. The Morgan fingerprint density at radius 2 is 1.81 bits per heavy atom. The Hall–Kier alpha value is -2.74. The number of hydrogen-bond acceptors (Lipinski definition) is 1. The largest absolute Gasteiger partial charge is 0.497 e. The van der Waals surface area contributed by atoms with Crippen LogP contribution in [0.2, 0.25) is 0 Å². The molecular formula is C24H25NO. The zero-order valence-corrected chi connectivity index (χ0v) is 15.9. The molecule has 0 aliphatic heterocycles. The lowest BCUT2D eigenvalue weighted by Crippen LogP contribution is -2.31. The quantitative estimate of drug-likeness (QED) is 0.792. The van der Waals surface area contributed by atoms with Crippen LogP contribution in [0.4, 0.5) is 0 Å². The topological polar surface area (TPSA) is 14.2 Å². The molecule has 1 atom stereocenters. The van der Waals surface area contributed by atoms with Gasteiger partial charge in [-0.15, -0.1) is 0 Å². The minimum absolute atomic E-state index is 0.00573. The molecule has 1 aromatic carbocycles. The number of ether oxygens (including phenoxy) is 1. The highest BCUT2D eigenvalue weighted by molar-refractivity contribution is 5.65. The van der Waals surface area contributed by atoms with Gasteiger partial charge in [0.2, 0.25) is 0 Å². The maximum atomic E-state index is 5.35. The van der Waals surface area contributed by atoms with E-state index in [9.17, 15) is 0 Å². The number of benzene rings is 1. The smallest absolute Gasteiger partial charge is 0.119 e. The summed E-state index contributed by atoms with van der Waals surface area (Å²) in [6, 6.07) is 8.35.